The Morgan fingerprint density at radius 1 is 1.11 bits per heavy atom. The highest BCUT2D eigenvalue weighted by atomic mass is 32.2. The van der Waals surface area contributed by atoms with Crippen LogP contribution in [0.3, 0.4) is 0 Å². The van der Waals surface area contributed by atoms with Gasteiger partial charge in [-0.1, -0.05) is 18.9 Å². The molecular formula is C8H15N3O5S2. The summed E-state index contributed by atoms with van der Waals surface area (Å²) in [6.45, 7) is 3.49. The average Bonchev–Trinajstić information content (AvgIpc) is 2.59. The monoisotopic (exact) mass is 297 g/mol. The van der Waals surface area contributed by atoms with Crippen molar-refractivity contribution >= 4 is 19.9 Å². The quantitative estimate of drug-likeness (QED) is 0.793. The molecule has 1 atom stereocenters. The second kappa shape index (κ2) is 4.94. The van der Waals surface area contributed by atoms with Gasteiger partial charge in [0.15, 0.2) is 0 Å². The lowest BCUT2D eigenvalue weighted by Crippen LogP contribution is -2.31. The van der Waals surface area contributed by atoms with Crippen LogP contribution in [-0.2, 0) is 19.9 Å². The molecule has 0 radical (unpaired) electrons. The zero-order valence-corrected chi connectivity index (χ0v) is 12.0. The zero-order valence-electron chi connectivity index (χ0n) is 10.4. The number of hydrogen-bond donors (Lipinski definition) is 1. The first-order chi connectivity index (χ1) is 8.00. The first-order valence-electron chi connectivity index (χ1n) is 5.01. The maximum absolute atomic E-state index is 11.2. The summed E-state index contributed by atoms with van der Waals surface area (Å²) in [6, 6.07) is -0.761. The van der Waals surface area contributed by atoms with Crippen molar-refractivity contribution < 1.29 is 21.3 Å². The van der Waals surface area contributed by atoms with E-state index >= 15 is 0 Å². The molecule has 1 heterocycles. The zero-order chi connectivity index (χ0) is 14.1. The molecule has 1 N–H and O–H groups in total. The molecule has 0 aromatic carbocycles. The molecule has 18 heavy (non-hydrogen) atoms. The molecule has 104 valence electrons. The molecule has 1 rings (SSSR count). The van der Waals surface area contributed by atoms with Gasteiger partial charge < -0.3 is 4.42 Å². The Hall–Kier alpha value is -1.00. The van der Waals surface area contributed by atoms with Crippen molar-refractivity contribution in [2.75, 3.05) is 12.5 Å². The summed E-state index contributed by atoms with van der Waals surface area (Å²) in [5.41, 5.74) is 0. The molecule has 0 saturated heterocycles. The summed E-state index contributed by atoms with van der Waals surface area (Å²) in [7, 11) is -7.07. The van der Waals surface area contributed by atoms with E-state index in [-0.39, 0.29) is 11.8 Å². The van der Waals surface area contributed by atoms with Crippen molar-refractivity contribution in [2.45, 2.75) is 25.1 Å². The Bertz CT molecular complexity index is 617. The molecule has 1 aromatic heterocycles. The molecule has 8 nitrogen and oxygen atoms in total. The predicted octanol–water partition coefficient (Wildman–Crippen LogP) is -0.281. The minimum atomic E-state index is -3.60. The van der Waals surface area contributed by atoms with Crippen LogP contribution in [0.1, 0.15) is 25.8 Å². The summed E-state index contributed by atoms with van der Waals surface area (Å²) in [4.78, 5) is 0. The third-order valence-electron chi connectivity index (χ3n) is 2.01. The Morgan fingerprint density at radius 2 is 1.67 bits per heavy atom. The van der Waals surface area contributed by atoms with Crippen LogP contribution < -0.4 is 4.72 Å². The number of nitrogens with zero attached hydrogens (tertiary/aromatic N) is 2. The van der Waals surface area contributed by atoms with E-state index in [0.717, 1.165) is 12.5 Å². The number of rotatable bonds is 5. The molecule has 1 aromatic rings. The molecule has 0 amide bonds. The lowest BCUT2D eigenvalue weighted by molar-refractivity contribution is 0.327. The maximum Gasteiger partial charge on any atom is 0.335 e. The molecule has 0 aliphatic rings. The lowest BCUT2D eigenvalue weighted by atomic mass is 10.1. The van der Waals surface area contributed by atoms with Gasteiger partial charge in [-0.25, -0.2) is 21.6 Å². The molecule has 0 spiro atoms. The molecular weight excluding hydrogens is 282 g/mol. The second-order valence-electron chi connectivity index (χ2n) is 4.29. The van der Waals surface area contributed by atoms with Gasteiger partial charge in [0.2, 0.25) is 25.8 Å². The minimum absolute atomic E-state index is 0.0733. The first kappa shape index (κ1) is 15.1. The number of hydrogen-bond acceptors (Lipinski definition) is 7. The van der Waals surface area contributed by atoms with Crippen LogP contribution in [0.25, 0.3) is 0 Å². The Balaban J connectivity index is 3.12. The summed E-state index contributed by atoms with van der Waals surface area (Å²) in [5, 5.41) is 6.42. The van der Waals surface area contributed by atoms with Crippen LogP contribution in [0.2, 0.25) is 0 Å². The van der Waals surface area contributed by atoms with Crippen LogP contribution >= 0.6 is 0 Å². The van der Waals surface area contributed by atoms with Crippen molar-refractivity contribution in [1.29, 1.82) is 0 Å². The van der Waals surface area contributed by atoms with Gasteiger partial charge in [-0.15, -0.1) is 5.10 Å². The van der Waals surface area contributed by atoms with E-state index in [1.54, 1.807) is 13.8 Å². The van der Waals surface area contributed by atoms with Crippen LogP contribution in [0, 0.1) is 5.92 Å². The fourth-order valence-corrected chi connectivity index (χ4v) is 2.46. The standard InChI is InChI=1S/C8H15N3O5S2/c1-5(2)6(11-18(4,14)15)7-9-10-8(16-7)17(3,12)13/h5-6,11H,1-4H3/t6-/m0/s1. The van der Waals surface area contributed by atoms with Crippen molar-refractivity contribution in [3.63, 3.8) is 0 Å². The van der Waals surface area contributed by atoms with Gasteiger partial charge in [0.25, 0.3) is 0 Å². The van der Waals surface area contributed by atoms with Crippen molar-refractivity contribution in [3.8, 4) is 0 Å². The molecule has 0 bridgehead atoms. The topological polar surface area (TPSA) is 119 Å². The number of sulfonamides is 1. The molecule has 10 heteroatoms. The molecule has 0 aliphatic carbocycles. The third kappa shape index (κ3) is 4.03. The Morgan fingerprint density at radius 3 is 2.00 bits per heavy atom. The van der Waals surface area contributed by atoms with Crippen molar-refractivity contribution in [2.24, 2.45) is 5.92 Å². The van der Waals surface area contributed by atoms with E-state index in [9.17, 15) is 16.8 Å². The van der Waals surface area contributed by atoms with Gasteiger partial charge in [0.1, 0.15) is 6.04 Å². The summed E-state index contributed by atoms with van der Waals surface area (Å²) in [6.07, 6.45) is 1.93. The van der Waals surface area contributed by atoms with E-state index in [1.165, 1.54) is 0 Å². The smallest absolute Gasteiger partial charge is 0.335 e. The maximum atomic E-state index is 11.2. The molecule has 0 unspecified atom stereocenters. The van der Waals surface area contributed by atoms with Gasteiger partial charge in [-0.3, -0.25) is 0 Å². The normalized spacial score (nSPS) is 14.9. The second-order valence-corrected chi connectivity index (χ2v) is 7.96. The fourth-order valence-electron chi connectivity index (χ4n) is 1.20. The molecule has 0 aliphatic heterocycles. The van der Waals surface area contributed by atoms with Gasteiger partial charge in [-0.2, -0.15) is 0 Å². The summed E-state index contributed by atoms with van der Waals surface area (Å²) >= 11 is 0. The van der Waals surface area contributed by atoms with E-state index in [4.69, 9.17) is 4.42 Å². The number of sulfone groups is 1. The van der Waals surface area contributed by atoms with E-state index in [2.05, 4.69) is 14.9 Å². The molecule has 0 saturated carbocycles. The summed E-state index contributed by atoms with van der Waals surface area (Å²) < 4.78 is 52.1. The van der Waals surface area contributed by atoms with Crippen LogP contribution in [0.15, 0.2) is 9.64 Å². The Kier molecular flexibility index (Phi) is 4.13. The van der Waals surface area contributed by atoms with E-state index < -0.39 is 31.1 Å². The van der Waals surface area contributed by atoms with Gasteiger partial charge in [0.05, 0.1) is 6.26 Å². The SMILES string of the molecule is CC(C)[C@H](NS(C)(=O)=O)c1nnc(S(C)(=O)=O)o1. The largest absolute Gasteiger partial charge is 0.411 e. The highest BCUT2D eigenvalue weighted by Crippen LogP contribution is 2.22. The highest BCUT2D eigenvalue weighted by molar-refractivity contribution is 7.90. The predicted molar refractivity (Wildman–Crippen MR) is 63.0 cm³/mol. The minimum Gasteiger partial charge on any atom is -0.411 e. The van der Waals surface area contributed by atoms with E-state index in [1.807, 2.05) is 0 Å². The van der Waals surface area contributed by atoms with Crippen molar-refractivity contribution in [1.82, 2.24) is 14.9 Å². The van der Waals surface area contributed by atoms with Gasteiger partial charge >= 0.3 is 5.22 Å². The van der Waals surface area contributed by atoms with Gasteiger partial charge in [-0.05, 0) is 5.92 Å². The first-order valence-corrected chi connectivity index (χ1v) is 8.80. The van der Waals surface area contributed by atoms with Crippen LogP contribution in [0.5, 0.6) is 0 Å². The number of aromatic nitrogens is 2. The van der Waals surface area contributed by atoms with Crippen LogP contribution in [-0.4, -0.2) is 39.5 Å². The third-order valence-corrected chi connectivity index (χ3v) is 3.49. The molecule has 0 fully saturated rings. The van der Waals surface area contributed by atoms with Crippen molar-refractivity contribution in [3.05, 3.63) is 5.89 Å². The highest BCUT2D eigenvalue weighted by Gasteiger charge is 2.27. The van der Waals surface area contributed by atoms with Crippen LogP contribution in [0.4, 0.5) is 0 Å². The lowest BCUT2D eigenvalue weighted by Gasteiger charge is -2.16. The average molecular weight is 297 g/mol. The summed E-state index contributed by atoms with van der Waals surface area (Å²) in [5.74, 6) is -0.247. The fraction of sp³-hybridized carbons (Fsp3) is 0.750. The number of nitrogens with one attached hydrogen (secondary N) is 1. The Labute approximate surface area is 106 Å². The van der Waals surface area contributed by atoms with Gasteiger partial charge in [0, 0.05) is 6.26 Å². The van der Waals surface area contributed by atoms with E-state index in [0.29, 0.717) is 0 Å².